The Bertz CT molecular complexity index is 378. The van der Waals surface area contributed by atoms with Gasteiger partial charge in [-0.3, -0.25) is 9.79 Å². The molecule has 2 rings (SSSR count). The van der Waals surface area contributed by atoms with Crippen LogP contribution in [-0.2, 0) is 4.79 Å². The summed E-state index contributed by atoms with van der Waals surface area (Å²) in [6, 6.07) is 9.78. The number of hydrogen-bond acceptors (Lipinski definition) is 2. The summed E-state index contributed by atoms with van der Waals surface area (Å²) in [6.45, 7) is 3.63. The van der Waals surface area contributed by atoms with Crippen molar-refractivity contribution in [1.29, 1.82) is 0 Å². The van der Waals surface area contributed by atoms with Crippen molar-refractivity contribution in [2.75, 3.05) is 0 Å². The van der Waals surface area contributed by atoms with Gasteiger partial charge in [-0.15, -0.1) is 0 Å². The highest BCUT2D eigenvalue weighted by atomic mass is 16.1. The summed E-state index contributed by atoms with van der Waals surface area (Å²) in [5.74, 6) is 0. The second kappa shape index (κ2) is 2.98. The number of carbonyl (C=O) groups excluding carboxylic acids is 1. The third-order valence-corrected chi connectivity index (χ3v) is 2.03. The molecule has 0 aliphatic carbocycles. The Morgan fingerprint density at radius 1 is 1.38 bits per heavy atom. The molecule has 0 spiro atoms. The van der Waals surface area contributed by atoms with Gasteiger partial charge in [0.25, 0.3) is 0 Å². The average Bonchev–Trinajstić information content (AvgIpc) is 2.98. The summed E-state index contributed by atoms with van der Waals surface area (Å²) >= 11 is 0. The third-order valence-electron chi connectivity index (χ3n) is 2.03. The average molecular weight is 171 g/mol. The molecule has 1 aliphatic heterocycles. The van der Waals surface area contributed by atoms with Gasteiger partial charge in [-0.05, 0) is 5.56 Å². The topological polar surface area (TPSA) is 29.4 Å². The molecule has 0 amide bonds. The van der Waals surface area contributed by atoms with E-state index in [0.717, 1.165) is 17.6 Å². The molecule has 0 N–H and O–H groups in total. The van der Waals surface area contributed by atoms with Crippen molar-refractivity contribution >= 4 is 12.0 Å². The molecular formula is C11H9NO. The van der Waals surface area contributed by atoms with Gasteiger partial charge in [0.2, 0.25) is 0 Å². The molecule has 1 atom stereocenters. The Morgan fingerprint density at radius 3 is 2.69 bits per heavy atom. The van der Waals surface area contributed by atoms with Gasteiger partial charge in [0, 0.05) is 5.57 Å². The molecule has 0 radical (unpaired) electrons. The number of benzene rings is 1. The molecule has 0 aromatic heterocycles. The standard InChI is InChI=1S/C11H9NO/c1-8(7-13)10-11(12-10)9-5-3-2-4-6-9/h2-7,10H,1H2. The first-order chi connectivity index (χ1) is 6.33. The van der Waals surface area contributed by atoms with Crippen LogP contribution in [0, 0.1) is 0 Å². The maximum Gasteiger partial charge on any atom is 0.147 e. The van der Waals surface area contributed by atoms with Crippen LogP contribution >= 0.6 is 0 Å². The SMILES string of the molecule is C=C(C=O)C1N=C1c1ccccc1. The van der Waals surface area contributed by atoms with Gasteiger partial charge in [-0.2, -0.15) is 0 Å². The Morgan fingerprint density at radius 2 is 2.08 bits per heavy atom. The highest BCUT2D eigenvalue weighted by molar-refractivity contribution is 6.17. The van der Waals surface area contributed by atoms with Gasteiger partial charge in [0.05, 0.1) is 5.71 Å². The normalized spacial score (nSPS) is 19.1. The maximum absolute atomic E-state index is 10.4. The van der Waals surface area contributed by atoms with Crippen LogP contribution in [0.1, 0.15) is 5.56 Å². The van der Waals surface area contributed by atoms with Crippen molar-refractivity contribution < 1.29 is 4.79 Å². The van der Waals surface area contributed by atoms with Crippen LogP contribution in [0.2, 0.25) is 0 Å². The zero-order valence-electron chi connectivity index (χ0n) is 7.10. The van der Waals surface area contributed by atoms with Crippen LogP contribution < -0.4 is 0 Å². The fourth-order valence-corrected chi connectivity index (χ4v) is 1.27. The van der Waals surface area contributed by atoms with Crippen LogP contribution in [0.25, 0.3) is 0 Å². The number of rotatable bonds is 3. The van der Waals surface area contributed by atoms with Crippen LogP contribution in [0.3, 0.4) is 0 Å². The molecule has 1 aliphatic rings. The van der Waals surface area contributed by atoms with Crippen molar-refractivity contribution in [2.45, 2.75) is 6.04 Å². The van der Waals surface area contributed by atoms with E-state index in [1.165, 1.54) is 0 Å². The predicted octanol–water partition coefficient (Wildman–Crippen LogP) is 1.61. The highest BCUT2D eigenvalue weighted by Crippen LogP contribution is 2.24. The molecule has 0 bridgehead atoms. The Hall–Kier alpha value is -1.70. The van der Waals surface area contributed by atoms with E-state index in [1.54, 1.807) is 0 Å². The first-order valence-corrected chi connectivity index (χ1v) is 4.10. The van der Waals surface area contributed by atoms with E-state index >= 15 is 0 Å². The quantitative estimate of drug-likeness (QED) is 0.502. The lowest BCUT2D eigenvalue weighted by Gasteiger charge is -1.93. The van der Waals surface area contributed by atoms with E-state index in [1.807, 2.05) is 30.3 Å². The monoisotopic (exact) mass is 171 g/mol. The minimum Gasteiger partial charge on any atom is -0.298 e. The second-order valence-electron chi connectivity index (χ2n) is 2.98. The van der Waals surface area contributed by atoms with E-state index < -0.39 is 0 Å². The zero-order valence-corrected chi connectivity index (χ0v) is 7.10. The van der Waals surface area contributed by atoms with Crippen LogP contribution in [0.4, 0.5) is 0 Å². The lowest BCUT2D eigenvalue weighted by atomic mass is 10.1. The molecule has 13 heavy (non-hydrogen) atoms. The molecular weight excluding hydrogens is 162 g/mol. The number of nitrogens with zero attached hydrogens (tertiary/aromatic N) is 1. The van der Waals surface area contributed by atoms with Crippen molar-refractivity contribution in [2.24, 2.45) is 4.99 Å². The minimum atomic E-state index is -0.0556. The second-order valence-corrected chi connectivity index (χ2v) is 2.98. The lowest BCUT2D eigenvalue weighted by Crippen LogP contribution is -2.02. The number of hydrogen-bond donors (Lipinski definition) is 0. The minimum absolute atomic E-state index is 0.0556. The molecule has 1 aromatic rings. The number of aliphatic imine (C=N–C) groups is 1. The third kappa shape index (κ3) is 1.43. The predicted molar refractivity (Wildman–Crippen MR) is 52.0 cm³/mol. The van der Waals surface area contributed by atoms with E-state index in [-0.39, 0.29) is 6.04 Å². The van der Waals surface area contributed by atoms with Crippen LogP contribution in [0.15, 0.2) is 47.5 Å². The smallest absolute Gasteiger partial charge is 0.147 e. The zero-order chi connectivity index (χ0) is 9.26. The van der Waals surface area contributed by atoms with E-state index in [2.05, 4.69) is 11.6 Å². The van der Waals surface area contributed by atoms with Gasteiger partial charge in [-0.25, -0.2) is 0 Å². The van der Waals surface area contributed by atoms with Crippen molar-refractivity contribution in [1.82, 2.24) is 0 Å². The van der Waals surface area contributed by atoms with Gasteiger partial charge in [0.1, 0.15) is 12.3 Å². The number of carbonyl (C=O) groups is 1. The van der Waals surface area contributed by atoms with E-state index in [9.17, 15) is 4.79 Å². The first-order valence-electron chi connectivity index (χ1n) is 4.10. The molecule has 2 heteroatoms. The summed E-state index contributed by atoms with van der Waals surface area (Å²) in [5, 5.41) is 0. The molecule has 1 unspecified atom stereocenters. The molecule has 1 aromatic carbocycles. The van der Waals surface area contributed by atoms with Gasteiger partial charge in [-0.1, -0.05) is 36.9 Å². The van der Waals surface area contributed by atoms with Crippen LogP contribution in [0.5, 0.6) is 0 Å². The molecule has 0 saturated carbocycles. The first kappa shape index (κ1) is 7.92. The van der Waals surface area contributed by atoms with Gasteiger partial charge in [0.15, 0.2) is 0 Å². The van der Waals surface area contributed by atoms with Crippen molar-refractivity contribution in [3.63, 3.8) is 0 Å². The Balaban J connectivity index is 2.12. The lowest BCUT2D eigenvalue weighted by molar-refractivity contribution is -0.104. The Kier molecular flexibility index (Phi) is 1.81. The van der Waals surface area contributed by atoms with E-state index in [4.69, 9.17) is 0 Å². The fourth-order valence-electron chi connectivity index (χ4n) is 1.27. The van der Waals surface area contributed by atoms with Gasteiger partial charge < -0.3 is 0 Å². The van der Waals surface area contributed by atoms with Gasteiger partial charge >= 0.3 is 0 Å². The fraction of sp³-hybridized carbons (Fsp3) is 0.0909. The van der Waals surface area contributed by atoms with E-state index in [0.29, 0.717) is 5.57 Å². The molecule has 0 fully saturated rings. The molecule has 2 nitrogen and oxygen atoms in total. The highest BCUT2D eigenvalue weighted by Gasteiger charge is 2.30. The van der Waals surface area contributed by atoms with Crippen LogP contribution in [-0.4, -0.2) is 18.0 Å². The summed E-state index contributed by atoms with van der Waals surface area (Å²) in [4.78, 5) is 14.6. The molecule has 0 saturated heterocycles. The summed E-state index contributed by atoms with van der Waals surface area (Å²) in [6.07, 6.45) is 0.768. The molecule has 1 heterocycles. The summed E-state index contributed by atoms with van der Waals surface area (Å²) in [5.41, 5.74) is 2.59. The summed E-state index contributed by atoms with van der Waals surface area (Å²) in [7, 11) is 0. The summed E-state index contributed by atoms with van der Waals surface area (Å²) < 4.78 is 0. The Labute approximate surface area is 76.6 Å². The largest absolute Gasteiger partial charge is 0.298 e. The van der Waals surface area contributed by atoms with Crippen molar-refractivity contribution in [3.05, 3.63) is 48.0 Å². The van der Waals surface area contributed by atoms with Crippen molar-refractivity contribution in [3.8, 4) is 0 Å². The number of aldehydes is 1. The molecule has 64 valence electrons. The maximum atomic E-state index is 10.4.